The molecule has 0 aliphatic carbocycles. The summed E-state index contributed by atoms with van der Waals surface area (Å²) in [6, 6.07) is 10.9. The lowest BCUT2D eigenvalue weighted by Gasteiger charge is -2.26. The minimum absolute atomic E-state index is 0.00334. The number of hydrogen-bond acceptors (Lipinski definition) is 3. The second kappa shape index (κ2) is 7.38. The lowest BCUT2D eigenvalue weighted by molar-refractivity contribution is 0.242. The first kappa shape index (κ1) is 15.7. The highest BCUT2D eigenvalue weighted by Crippen LogP contribution is 2.23. The topological polar surface area (TPSA) is 28.4 Å². The van der Waals surface area contributed by atoms with Crippen molar-refractivity contribution >= 4 is 0 Å². The first-order valence-electron chi connectivity index (χ1n) is 7.31. The molecule has 0 aliphatic heterocycles. The lowest BCUT2D eigenvalue weighted by Crippen LogP contribution is -2.33. The minimum Gasteiger partial charge on any atom is -0.468 e. The molecule has 114 valence electrons. The van der Waals surface area contributed by atoms with Gasteiger partial charge in [-0.05, 0) is 38.7 Å². The molecule has 0 spiro atoms. The Hall–Kier alpha value is -1.65. The van der Waals surface area contributed by atoms with E-state index in [-0.39, 0.29) is 17.9 Å². The molecule has 1 aromatic carbocycles. The fourth-order valence-electron chi connectivity index (χ4n) is 2.50. The normalized spacial score (nSPS) is 14.3. The molecular weight excluding hydrogens is 267 g/mol. The van der Waals surface area contributed by atoms with E-state index in [0.29, 0.717) is 6.54 Å². The number of nitrogens with zero attached hydrogens (tertiary/aromatic N) is 1. The number of likely N-dealkylation sites (N-methyl/N-ethyl adjacent to an activating group) is 1. The standard InChI is InChI=1S/C17H23FN2O/c1-4-15(13-8-5-6-9-14(13)18)19-12-16(20(2)3)17-10-7-11-21-17/h5-11,15-16,19H,4,12H2,1-3H3. The molecule has 21 heavy (non-hydrogen) atoms. The molecule has 1 aromatic heterocycles. The largest absolute Gasteiger partial charge is 0.468 e. The molecule has 1 heterocycles. The van der Waals surface area contributed by atoms with Gasteiger partial charge in [-0.1, -0.05) is 25.1 Å². The number of benzene rings is 1. The maximum absolute atomic E-state index is 13.9. The SMILES string of the molecule is CCC(NCC(c1ccco1)N(C)C)c1ccccc1F. The highest BCUT2D eigenvalue weighted by molar-refractivity contribution is 5.21. The Morgan fingerprint density at radius 2 is 1.95 bits per heavy atom. The Morgan fingerprint density at radius 3 is 2.52 bits per heavy atom. The predicted octanol–water partition coefficient (Wildman–Crippen LogP) is 3.76. The van der Waals surface area contributed by atoms with Crippen LogP contribution in [-0.2, 0) is 0 Å². The Labute approximate surface area is 125 Å². The van der Waals surface area contributed by atoms with Gasteiger partial charge >= 0.3 is 0 Å². The molecule has 0 amide bonds. The van der Waals surface area contributed by atoms with Crippen molar-refractivity contribution in [1.82, 2.24) is 10.2 Å². The van der Waals surface area contributed by atoms with E-state index < -0.39 is 0 Å². The van der Waals surface area contributed by atoms with Crippen LogP contribution in [0.1, 0.15) is 36.8 Å². The van der Waals surface area contributed by atoms with Gasteiger partial charge in [0.1, 0.15) is 11.6 Å². The second-order valence-corrected chi connectivity index (χ2v) is 5.39. The van der Waals surface area contributed by atoms with Gasteiger partial charge in [0.05, 0.1) is 12.3 Å². The van der Waals surface area contributed by atoms with Crippen LogP contribution in [0.25, 0.3) is 0 Å². The molecule has 2 unspecified atom stereocenters. The van der Waals surface area contributed by atoms with Gasteiger partial charge in [-0.2, -0.15) is 0 Å². The summed E-state index contributed by atoms with van der Waals surface area (Å²) >= 11 is 0. The van der Waals surface area contributed by atoms with E-state index >= 15 is 0 Å². The first-order chi connectivity index (χ1) is 10.1. The molecule has 0 aliphatic rings. The molecule has 4 heteroatoms. The van der Waals surface area contributed by atoms with Gasteiger partial charge in [0, 0.05) is 18.2 Å². The molecular formula is C17H23FN2O. The van der Waals surface area contributed by atoms with E-state index in [0.717, 1.165) is 17.7 Å². The van der Waals surface area contributed by atoms with Crippen LogP contribution in [-0.4, -0.2) is 25.5 Å². The summed E-state index contributed by atoms with van der Waals surface area (Å²) in [5.41, 5.74) is 0.719. The lowest BCUT2D eigenvalue weighted by atomic mass is 10.0. The zero-order chi connectivity index (χ0) is 15.2. The summed E-state index contributed by atoms with van der Waals surface area (Å²) in [6.45, 7) is 2.76. The monoisotopic (exact) mass is 290 g/mol. The number of halogens is 1. The Balaban J connectivity index is 2.07. The van der Waals surface area contributed by atoms with Crippen LogP contribution >= 0.6 is 0 Å². The predicted molar refractivity (Wildman–Crippen MR) is 82.6 cm³/mol. The zero-order valence-electron chi connectivity index (χ0n) is 12.8. The first-order valence-corrected chi connectivity index (χ1v) is 7.31. The van der Waals surface area contributed by atoms with Crippen molar-refractivity contribution in [2.24, 2.45) is 0 Å². The highest BCUT2D eigenvalue weighted by Gasteiger charge is 2.20. The second-order valence-electron chi connectivity index (χ2n) is 5.39. The van der Waals surface area contributed by atoms with E-state index in [1.54, 1.807) is 12.3 Å². The molecule has 2 rings (SSSR count). The zero-order valence-corrected chi connectivity index (χ0v) is 12.8. The van der Waals surface area contributed by atoms with E-state index in [2.05, 4.69) is 17.1 Å². The Bertz CT molecular complexity index is 539. The smallest absolute Gasteiger partial charge is 0.127 e. The van der Waals surface area contributed by atoms with Crippen molar-refractivity contribution in [3.8, 4) is 0 Å². The van der Waals surface area contributed by atoms with Crippen LogP contribution in [0.3, 0.4) is 0 Å². The van der Waals surface area contributed by atoms with Crippen molar-refractivity contribution in [3.63, 3.8) is 0 Å². The van der Waals surface area contributed by atoms with Gasteiger partial charge in [0.25, 0.3) is 0 Å². The van der Waals surface area contributed by atoms with Crippen LogP contribution in [0, 0.1) is 5.82 Å². The van der Waals surface area contributed by atoms with E-state index in [4.69, 9.17) is 4.42 Å². The van der Waals surface area contributed by atoms with Gasteiger partial charge in [-0.15, -0.1) is 0 Å². The van der Waals surface area contributed by atoms with Crippen molar-refractivity contribution in [2.45, 2.75) is 25.4 Å². The Kier molecular flexibility index (Phi) is 5.53. The maximum atomic E-state index is 13.9. The fraction of sp³-hybridized carbons (Fsp3) is 0.412. The summed E-state index contributed by atoms with van der Waals surface area (Å²) in [6.07, 6.45) is 2.51. The summed E-state index contributed by atoms with van der Waals surface area (Å²) in [5, 5.41) is 3.45. The van der Waals surface area contributed by atoms with Crippen molar-refractivity contribution in [2.75, 3.05) is 20.6 Å². The summed E-state index contributed by atoms with van der Waals surface area (Å²) in [5.74, 6) is 0.757. The summed E-state index contributed by atoms with van der Waals surface area (Å²) in [4.78, 5) is 2.10. The van der Waals surface area contributed by atoms with Gasteiger partial charge < -0.3 is 9.73 Å². The molecule has 0 fully saturated rings. The van der Waals surface area contributed by atoms with Crippen LogP contribution in [0.15, 0.2) is 47.1 Å². The third-order valence-corrected chi connectivity index (χ3v) is 3.74. The molecule has 2 aromatic rings. The maximum Gasteiger partial charge on any atom is 0.127 e. The minimum atomic E-state index is -0.156. The van der Waals surface area contributed by atoms with Crippen molar-refractivity contribution < 1.29 is 8.81 Å². The average molecular weight is 290 g/mol. The van der Waals surface area contributed by atoms with E-state index in [1.165, 1.54) is 6.07 Å². The van der Waals surface area contributed by atoms with Crippen LogP contribution in [0.5, 0.6) is 0 Å². The quantitative estimate of drug-likeness (QED) is 0.841. The number of furan rings is 1. The average Bonchev–Trinajstić information content (AvgIpc) is 2.98. The van der Waals surface area contributed by atoms with Gasteiger partial charge in [-0.3, -0.25) is 4.90 Å². The Morgan fingerprint density at radius 1 is 1.19 bits per heavy atom. The fourth-order valence-corrected chi connectivity index (χ4v) is 2.50. The third-order valence-electron chi connectivity index (χ3n) is 3.74. The van der Waals surface area contributed by atoms with Crippen molar-refractivity contribution in [1.29, 1.82) is 0 Å². The molecule has 2 atom stereocenters. The highest BCUT2D eigenvalue weighted by atomic mass is 19.1. The molecule has 0 saturated heterocycles. The summed E-state index contributed by atoms with van der Waals surface area (Å²) < 4.78 is 19.4. The third kappa shape index (κ3) is 3.93. The number of nitrogens with one attached hydrogen (secondary N) is 1. The van der Waals surface area contributed by atoms with E-state index in [9.17, 15) is 4.39 Å². The van der Waals surface area contributed by atoms with Crippen LogP contribution < -0.4 is 5.32 Å². The van der Waals surface area contributed by atoms with Crippen molar-refractivity contribution in [3.05, 3.63) is 59.8 Å². The molecule has 0 saturated carbocycles. The van der Waals surface area contributed by atoms with Gasteiger partial charge in [0.15, 0.2) is 0 Å². The number of hydrogen-bond donors (Lipinski definition) is 1. The summed E-state index contributed by atoms with van der Waals surface area (Å²) in [7, 11) is 4.03. The van der Waals surface area contributed by atoms with Gasteiger partial charge in [-0.25, -0.2) is 4.39 Å². The molecule has 1 N–H and O–H groups in total. The van der Waals surface area contributed by atoms with Crippen LogP contribution in [0.2, 0.25) is 0 Å². The molecule has 0 radical (unpaired) electrons. The molecule has 3 nitrogen and oxygen atoms in total. The van der Waals surface area contributed by atoms with Gasteiger partial charge in [0.2, 0.25) is 0 Å². The number of rotatable bonds is 7. The van der Waals surface area contributed by atoms with E-state index in [1.807, 2.05) is 38.4 Å². The van der Waals surface area contributed by atoms with Crippen LogP contribution in [0.4, 0.5) is 4.39 Å². The molecule has 0 bridgehead atoms.